The largest absolute Gasteiger partial charge is 0.261 e. The number of aryl methyl sites for hydroxylation is 2. The number of hydrogen-bond donors (Lipinski definition) is 1. The second-order valence-corrected chi connectivity index (χ2v) is 3.93. The van der Waals surface area contributed by atoms with E-state index in [9.17, 15) is 8.78 Å². The first-order valence-electron chi connectivity index (χ1n) is 4.69. The Bertz CT molecular complexity index is 529. The Morgan fingerprint density at radius 1 is 1.19 bits per heavy atom. The molecule has 0 saturated heterocycles. The molecule has 0 amide bonds. The van der Waals surface area contributed by atoms with Crippen LogP contribution < -0.4 is 0 Å². The molecule has 0 atom stereocenters. The van der Waals surface area contributed by atoms with Crippen LogP contribution in [0, 0.1) is 18.6 Å². The molecular formula is C11H10F2N2S. The number of hydrogen-bond acceptors (Lipinski definition) is 2. The summed E-state index contributed by atoms with van der Waals surface area (Å²) in [5.74, 6) is -1.21. The predicted molar refractivity (Wildman–Crippen MR) is 60.5 cm³/mol. The summed E-state index contributed by atoms with van der Waals surface area (Å²) in [4.78, 5) is 0. The van der Waals surface area contributed by atoms with Crippen molar-refractivity contribution in [3.05, 3.63) is 35.5 Å². The summed E-state index contributed by atoms with van der Waals surface area (Å²) in [6.07, 6.45) is 0. The average molecular weight is 240 g/mol. The molecule has 0 unspecified atom stereocenters. The lowest BCUT2D eigenvalue weighted by molar-refractivity contribution is 0.588. The highest BCUT2D eigenvalue weighted by Crippen LogP contribution is 2.33. The highest BCUT2D eigenvalue weighted by molar-refractivity contribution is 7.80. The molecule has 0 spiro atoms. The Morgan fingerprint density at radius 3 is 2.19 bits per heavy atom. The molecule has 1 heterocycles. The van der Waals surface area contributed by atoms with Gasteiger partial charge in [-0.1, -0.05) is 6.07 Å². The second kappa shape index (κ2) is 3.90. The van der Waals surface area contributed by atoms with Crippen LogP contribution in [0.15, 0.2) is 23.2 Å². The van der Waals surface area contributed by atoms with Crippen LogP contribution in [0.3, 0.4) is 0 Å². The van der Waals surface area contributed by atoms with E-state index in [1.54, 1.807) is 14.0 Å². The van der Waals surface area contributed by atoms with Crippen molar-refractivity contribution in [3.63, 3.8) is 0 Å². The fourth-order valence-electron chi connectivity index (χ4n) is 1.68. The highest BCUT2D eigenvalue weighted by atomic mass is 32.1. The van der Waals surface area contributed by atoms with Gasteiger partial charge in [-0.3, -0.25) is 4.68 Å². The summed E-state index contributed by atoms with van der Waals surface area (Å²) in [5, 5.41) is 4.52. The van der Waals surface area contributed by atoms with Crippen LogP contribution in [0.1, 0.15) is 5.69 Å². The number of aromatic nitrogens is 2. The first-order chi connectivity index (χ1) is 7.52. The summed E-state index contributed by atoms with van der Waals surface area (Å²) in [6.45, 7) is 1.70. The van der Waals surface area contributed by atoms with E-state index in [2.05, 4.69) is 17.7 Å². The normalized spacial score (nSPS) is 10.8. The van der Waals surface area contributed by atoms with Crippen molar-refractivity contribution in [2.75, 3.05) is 0 Å². The molecule has 2 rings (SSSR count). The van der Waals surface area contributed by atoms with Gasteiger partial charge in [0, 0.05) is 12.6 Å². The minimum atomic E-state index is -0.605. The topological polar surface area (TPSA) is 17.8 Å². The van der Waals surface area contributed by atoms with Gasteiger partial charge in [0.25, 0.3) is 0 Å². The molecule has 0 N–H and O–H groups in total. The van der Waals surface area contributed by atoms with Crippen molar-refractivity contribution in [1.29, 1.82) is 0 Å². The lowest BCUT2D eigenvalue weighted by Gasteiger charge is -2.04. The third kappa shape index (κ3) is 1.61. The number of halogens is 2. The highest BCUT2D eigenvalue weighted by Gasteiger charge is 2.19. The van der Waals surface area contributed by atoms with Crippen molar-refractivity contribution < 1.29 is 8.78 Å². The third-order valence-electron chi connectivity index (χ3n) is 2.40. The van der Waals surface area contributed by atoms with Crippen LogP contribution >= 0.6 is 12.6 Å². The van der Waals surface area contributed by atoms with E-state index in [0.717, 1.165) is 0 Å². The molecule has 16 heavy (non-hydrogen) atoms. The summed E-state index contributed by atoms with van der Waals surface area (Å²) in [6, 6.07) is 3.77. The Labute approximate surface area is 97.3 Å². The molecule has 2 nitrogen and oxygen atoms in total. The van der Waals surface area contributed by atoms with Gasteiger partial charge in [0.05, 0.1) is 16.3 Å². The average Bonchev–Trinajstić information content (AvgIpc) is 2.44. The molecule has 0 aliphatic carbocycles. The quantitative estimate of drug-likeness (QED) is 0.759. The summed E-state index contributed by atoms with van der Waals surface area (Å²) in [5.41, 5.74) is 0.885. The first-order valence-corrected chi connectivity index (χ1v) is 5.14. The third-order valence-corrected chi connectivity index (χ3v) is 2.92. The van der Waals surface area contributed by atoms with Crippen LogP contribution in [0.25, 0.3) is 11.1 Å². The molecule has 5 heteroatoms. The van der Waals surface area contributed by atoms with E-state index in [0.29, 0.717) is 16.3 Å². The minimum Gasteiger partial charge on any atom is -0.261 e. The molecule has 0 saturated carbocycles. The van der Waals surface area contributed by atoms with Crippen molar-refractivity contribution in [3.8, 4) is 11.1 Å². The Balaban J connectivity index is 2.77. The SMILES string of the molecule is Cc1nn(C)c(S)c1-c1c(F)cccc1F. The zero-order valence-corrected chi connectivity index (χ0v) is 9.72. The fraction of sp³-hybridized carbons (Fsp3) is 0.182. The van der Waals surface area contributed by atoms with Crippen molar-refractivity contribution in [2.45, 2.75) is 11.9 Å². The van der Waals surface area contributed by atoms with Gasteiger partial charge < -0.3 is 0 Å². The van der Waals surface area contributed by atoms with Gasteiger partial charge in [-0.15, -0.1) is 12.6 Å². The summed E-state index contributed by atoms with van der Waals surface area (Å²) in [7, 11) is 1.68. The van der Waals surface area contributed by atoms with Gasteiger partial charge in [0.2, 0.25) is 0 Å². The van der Waals surface area contributed by atoms with Crippen LogP contribution in [-0.4, -0.2) is 9.78 Å². The minimum absolute atomic E-state index is 0.0712. The van der Waals surface area contributed by atoms with E-state index >= 15 is 0 Å². The van der Waals surface area contributed by atoms with E-state index < -0.39 is 11.6 Å². The number of rotatable bonds is 1. The molecule has 1 aromatic carbocycles. The van der Waals surface area contributed by atoms with Gasteiger partial charge in [-0.05, 0) is 19.1 Å². The maximum atomic E-state index is 13.6. The molecular weight excluding hydrogens is 230 g/mol. The zero-order chi connectivity index (χ0) is 11.9. The fourth-order valence-corrected chi connectivity index (χ4v) is 1.99. The standard InChI is InChI=1S/C11H10F2N2S/c1-6-9(11(16)15(2)14-6)10-7(12)4-3-5-8(10)13/h3-5,16H,1-2H3. The maximum Gasteiger partial charge on any atom is 0.134 e. The summed E-state index contributed by atoms with van der Waals surface area (Å²) < 4.78 is 28.7. The van der Waals surface area contributed by atoms with Gasteiger partial charge in [-0.25, -0.2) is 8.78 Å². The van der Waals surface area contributed by atoms with E-state index in [4.69, 9.17) is 0 Å². The van der Waals surface area contributed by atoms with Gasteiger partial charge in [0.15, 0.2) is 0 Å². The van der Waals surface area contributed by atoms with Crippen molar-refractivity contribution in [1.82, 2.24) is 9.78 Å². The molecule has 2 aromatic rings. The number of benzene rings is 1. The Morgan fingerprint density at radius 2 is 1.75 bits per heavy atom. The molecule has 0 fully saturated rings. The predicted octanol–water partition coefficient (Wildman–Crippen LogP) is 2.96. The van der Waals surface area contributed by atoms with E-state index in [-0.39, 0.29) is 5.56 Å². The lowest BCUT2D eigenvalue weighted by Crippen LogP contribution is -1.92. The molecule has 0 radical (unpaired) electrons. The number of thiol groups is 1. The van der Waals surface area contributed by atoms with Crippen LogP contribution in [-0.2, 0) is 7.05 Å². The van der Waals surface area contributed by atoms with Crippen molar-refractivity contribution in [2.24, 2.45) is 7.05 Å². The molecule has 0 bridgehead atoms. The van der Waals surface area contributed by atoms with Crippen LogP contribution in [0.2, 0.25) is 0 Å². The molecule has 0 aliphatic rings. The van der Waals surface area contributed by atoms with Crippen LogP contribution in [0.5, 0.6) is 0 Å². The van der Waals surface area contributed by atoms with E-state index in [1.165, 1.54) is 22.9 Å². The van der Waals surface area contributed by atoms with Crippen molar-refractivity contribution >= 4 is 12.6 Å². The van der Waals surface area contributed by atoms with Gasteiger partial charge in [-0.2, -0.15) is 5.10 Å². The molecule has 0 aliphatic heterocycles. The van der Waals surface area contributed by atoms with Gasteiger partial charge >= 0.3 is 0 Å². The van der Waals surface area contributed by atoms with Crippen LogP contribution in [0.4, 0.5) is 8.78 Å². The summed E-state index contributed by atoms with van der Waals surface area (Å²) >= 11 is 4.21. The maximum absolute atomic E-state index is 13.6. The second-order valence-electron chi connectivity index (χ2n) is 3.50. The molecule has 1 aromatic heterocycles. The Kier molecular flexibility index (Phi) is 2.71. The Hall–Kier alpha value is -1.36. The molecule has 84 valence electrons. The van der Waals surface area contributed by atoms with Gasteiger partial charge in [0.1, 0.15) is 11.6 Å². The lowest BCUT2D eigenvalue weighted by atomic mass is 10.1. The first kappa shape index (κ1) is 11.1. The number of nitrogens with zero attached hydrogens (tertiary/aromatic N) is 2. The smallest absolute Gasteiger partial charge is 0.134 e. The van der Waals surface area contributed by atoms with E-state index in [1.807, 2.05) is 0 Å². The monoisotopic (exact) mass is 240 g/mol. The zero-order valence-electron chi connectivity index (χ0n) is 8.83.